The van der Waals surface area contributed by atoms with E-state index in [1.54, 1.807) is 0 Å². The second kappa shape index (κ2) is 10.5. The number of benzene rings is 1. The number of para-hydroxylation sites is 1. The van der Waals surface area contributed by atoms with Crippen LogP contribution in [-0.2, 0) is 9.59 Å². The Morgan fingerprint density at radius 2 is 1.82 bits per heavy atom. The van der Waals surface area contributed by atoms with Crippen LogP contribution in [0.5, 0.6) is 5.75 Å². The van der Waals surface area contributed by atoms with E-state index in [2.05, 4.69) is 0 Å². The van der Waals surface area contributed by atoms with E-state index >= 15 is 0 Å². The summed E-state index contributed by atoms with van der Waals surface area (Å²) in [4.78, 5) is 29.2. The van der Waals surface area contributed by atoms with Crippen LogP contribution >= 0.6 is 0 Å². The van der Waals surface area contributed by atoms with Crippen molar-refractivity contribution >= 4 is 11.8 Å². The molecule has 1 heterocycles. The third-order valence-electron chi connectivity index (χ3n) is 6.08. The molecule has 1 saturated carbocycles. The molecule has 0 aromatic heterocycles. The molecule has 1 aliphatic heterocycles. The van der Waals surface area contributed by atoms with Crippen LogP contribution in [0.1, 0.15) is 51.4 Å². The van der Waals surface area contributed by atoms with Gasteiger partial charge in [-0.15, -0.1) is 0 Å². The molecule has 1 aliphatic carbocycles. The largest absolute Gasteiger partial charge is 0.493 e. The molecule has 1 aromatic carbocycles. The van der Waals surface area contributed by atoms with E-state index in [1.807, 2.05) is 47.2 Å². The van der Waals surface area contributed by atoms with Gasteiger partial charge in [0.25, 0.3) is 0 Å². The molecule has 0 N–H and O–H groups in total. The van der Waals surface area contributed by atoms with Crippen molar-refractivity contribution in [1.29, 1.82) is 0 Å². The lowest BCUT2D eigenvalue weighted by molar-refractivity contribution is -0.140. The lowest BCUT2D eigenvalue weighted by atomic mass is 9.88. The van der Waals surface area contributed by atoms with Crippen molar-refractivity contribution in [1.82, 2.24) is 9.80 Å². The van der Waals surface area contributed by atoms with Crippen LogP contribution in [0.3, 0.4) is 0 Å². The van der Waals surface area contributed by atoms with Gasteiger partial charge in [0, 0.05) is 26.7 Å². The first-order chi connectivity index (χ1) is 13.6. The maximum absolute atomic E-state index is 12.9. The summed E-state index contributed by atoms with van der Waals surface area (Å²) in [7, 11) is 1.94. The maximum atomic E-state index is 12.9. The van der Waals surface area contributed by atoms with E-state index in [0.717, 1.165) is 31.7 Å². The number of carbonyl (C=O) groups excluding carboxylic acids is 2. The fourth-order valence-electron chi connectivity index (χ4n) is 4.49. The number of amides is 2. The fraction of sp³-hybridized carbons (Fsp3) is 0.652. The lowest BCUT2D eigenvalue weighted by Crippen LogP contribution is -2.47. The minimum Gasteiger partial charge on any atom is -0.493 e. The highest BCUT2D eigenvalue weighted by atomic mass is 16.5. The molecule has 3 rings (SSSR count). The van der Waals surface area contributed by atoms with Gasteiger partial charge in [-0.3, -0.25) is 9.59 Å². The van der Waals surface area contributed by atoms with Gasteiger partial charge in [-0.1, -0.05) is 37.5 Å². The van der Waals surface area contributed by atoms with Crippen LogP contribution in [0.4, 0.5) is 0 Å². The molecule has 2 amide bonds. The van der Waals surface area contributed by atoms with Gasteiger partial charge in [0.15, 0.2) is 0 Å². The number of carbonyl (C=O) groups is 2. The number of rotatable bonds is 7. The molecule has 1 aromatic rings. The van der Waals surface area contributed by atoms with Crippen LogP contribution in [0.25, 0.3) is 0 Å². The maximum Gasteiger partial charge on any atom is 0.227 e. The zero-order valence-electron chi connectivity index (χ0n) is 17.1. The van der Waals surface area contributed by atoms with Gasteiger partial charge >= 0.3 is 0 Å². The summed E-state index contributed by atoms with van der Waals surface area (Å²) < 4.78 is 5.64. The average molecular weight is 387 g/mol. The zero-order valence-corrected chi connectivity index (χ0v) is 17.1. The Morgan fingerprint density at radius 1 is 1.07 bits per heavy atom. The van der Waals surface area contributed by atoms with Gasteiger partial charge < -0.3 is 14.5 Å². The van der Waals surface area contributed by atoms with E-state index in [9.17, 15) is 9.59 Å². The Morgan fingerprint density at radius 3 is 2.57 bits per heavy atom. The van der Waals surface area contributed by atoms with Gasteiger partial charge in [-0.05, 0) is 43.7 Å². The molecule has 0 radical (unpaired) electrons. The molecule has 28 heavy (non-hydrogen) atoms. The predicted octanol–water partition coefficient (Wildman–Crippen LogP) is 3.73. The lowest BCUT2D eigenvalue weighted by Gasteiger charge is -2.35. The minimum absolute atomic E-state index is 0.0543. The van der Waals surface area contributed by atoms with E-state index in [-0.39, 0.29) is 17.7 Å². The number of hydrogen-bond acceptors (Lipinski definition) is 3. The monoisotopic (exact) mass is 386 g/mol. The van der Waals surface area contributed by atoms with Crippen molar-refractivity contribution < 1.29 is 14.3 Å². The van der Waals surface area contributed by atoms with Crippen molar-refractivity contribution in [3.05, 3.63) is 30.3 Å². The molecule has 1 saturated heterocycles. The van der Waals surface area contributed by atoms with E-state index in [0.29, 0.717) is 25.5 Å². The molecular formula is C23H34N2O3. The van der Waals surface area contributed by atoms with Crippen molar-refractivity contribution in [3.8, 4) is 5.75 Å². The summed E-state index contributed by atoms with van der Waals surface area (Å²) in [6.45, 7) is 2.55. The van der Waals surface area contributed by atoms with Crippen molar-refractivity contribution in [2.45, 2.75) is 51.4 Å². The van der Waals surface area contributed by atoms with Gasteiger partial charge in [0.2, 0.25) is 11.8 Å². The molecule has 2 aliphatic rings. The fourth-order valence-corrected chi connectivity index (χ4v) is 4.49. The van der Waals surface area contributed by atoms with Crippen LogP contribution in [-0.4, -0.2) is 54.9 Å². The van der Waals surface area contributed by atoms with Crippen LogP contribution < -0.4 is 4.74 Å². The highest BCUT2D eigenvalue weighted by Crippen LogP contribution is 2.25. The molecule has 1 unspecified atom stereocenters. The zero-order chi connectivity index (χ0) is 19.8. The van der Waals surface area contributed by atoms with Crippen molar-refractivity contribution in [2.75, 3.05) is 33.3 Å². The van der Waals surface area contributed by atoms with Crippen LogP contribution in [0.2, 0.25) is 0 Å². The summed E-state index contributed by atoms with van der Waals surface area (Å²) in [5, 5.41) is 0. The average Bonchev–Trinajstić information content (AvgIpc) is 2.74. The Labute approximate surface area is 169 Å². The number of likely N-dealkylation sites (tertiary alicyclic amines) is 1. The standard InChI is InChI=1S/C23H34N2O3/c1-24(17-19-9-4-2-5-10-19)23(27)20-11-8-15-25(18-20)22(26)14-16-28-21-12-6-3-7-13-21/h3,6-7,12-13,19-20H,2,4-5,8-11,14-18H2,1H3. The molecular weight excluding hydrogens is 352 g/mol. The molecule has 2 fully saturated rings. The van der Waals surface area contributed by atoms with Gasteiger partial charge in [-0.25, -0.2) is 0 Å². The predicted molar refractivity (Wildman–Crippen MR) is 110 cm³/mol. The second-order valence-electron chi connectivity index (χ2n) is 8.31. The third-order valence-corrected chi connectivity index (χ3v) is 6.08. The molecule has 0 bridgehead atoms. The van der Waals surface area contributed by atoms with Gasteiger partial charge in [0.05, 0.1) is 18.9 Å². The molecule has 1 atom stereocenters. The SMILES string of the molecule is CN(CC1CCCCC1)C(=O)C1CCCN(C(=O)CCOc2ccccc2)C1. The van der Waals surface area contributed by atoms with Crippen LogP contribution in [0.15, 0.2) is 30.3 Å². The topological polar surface area (TPSA) is 49.9 Å². The number of ether oxygens (including phenoxy) is 1. The van der Waals surface area contributed by atoms with E-state index in [1.165, 1.54) is 32.1 Å². The number of piperidine rings is 1. The van der Waals surface area contributed by atoms with Crippen molar-refractivity contribution in [2.24, 2.45) is 11.8 Å². The van der Waals surface area contributed by atoms with Gasteiger partial charge in [-0.2, -0.15) is 0 Å². The van der Waals surface area contributed by atoms with Gasteiger partial charge in [0.1, 0.15) is 5.75 Å². The molecule has 0 spiro atoms. The Bertz CT molecular complexity index is 628. The van der Waals surface area contributed by atoms with Crippen molar-refractivity contribution in [3.63, 3.8) is 0 Å². The Hall–Kier alpha value is -2.04. The highest BCUT2D eigenvalue weighted by Gasteiger charge is 2.30. The Kier molecular flexibility index (Phi) is 7.75. The first-order valence-corrected chi connectivity index (χ1v) is 10.8. The number of hydrogen-bond donors (Lipinski definition) is 0. The summed E-state index contributed by atoms with van der Waals surface area (Å²) in [5.41, 5.74) is 0. The number of nitrogens with zero attached hydrogens (tertiary/aromatic N) is 2. The normalized spacial score (nSPS) is 20.6. The summed E-state index contributed by atoms with van der Waals surface area (Å²) in [6.07, 6.45) is 8.56. The summed E-state index contributed by atoms with van der Waals surface area (Å²) >= 11 is 0. The molecule has 154 valence electrons. The van der Waals surface area contributed by atoms with E-state index in [4.69, 9.17) is 4.74 Å². The van der Waals surface area contributed by atoms with Crippen LogP contribution in [0, 0.1) is 11.8 Å². The highest BCUT2D eigenvalue weighted by molar-refractivity contribution is 5.81. The minimum atomic E-state index is -0.0543. The molecule has 5 nitrogen and oxygen atoms in total. The summed E-state index contributed by atoms with van der Waals surface area (Å²) in [5.74, 6) is 1.68. The third kappa shape index (κ3) is 5.98. The summed E-state index contributed by atoms with van der Waals surface area (Å²) in [6, 6.07) is 9.56. The van der Waals surface area contributed by atoms with E-state index < -0.39 is 0 Å². The quantitative estimate of drug-likeness (QED) is 0.717. The smallest absolute Gasteiger partial charge is 0.227 e. The Balaban J connectivity index is 1.43. The first-order valence-electron chi connectivity index (χ1n) is 10.8. The second-order valence-corrected chi connectivity index (χ2v) is 8.31. The molecule has 5 heteroatoms. The first kappa shape index (κ1) is 20.7.